The lowest BCUT2D eigenvalue weighted by Gasteiger charge is -2.28. The molecule has 0 bridgehead atoms. The number of ether oxygens (including phenoxy) is 2. The van der Waals surface area contributed by atoms with Gasteiger partial charge in [0.15, 0.2) is 5.67 Å². The van der Waals surface area contributed by atoms with Crippen LogP contribution in [0.3, 0.4) is 0 Å². The third kappa shape index (κ3) is 6.15. The van der Waals surface area contributed by atoms with Gasteiger partial charge < -0.3 is 19.7 Å². The maximum Gasteiger partial charge on any atom is 0.165 e. The number of hydrogen-bond acceptors (Lipinski definition) is 5. The summed E-state index contributed by atoms with van der Waals surface area (Å²) in [6.07, 6.45) is 1.64. The van der Waals surface area contributed by atoms with Gasteiger partial charge in [0.05, 0.1) is 12.8 Å². The summed E-state index contributed by atoms with van der Waals surface area (Å²) >= 11 is 0. The molecule has 1 aliphatic heterocycles. The number of alkyl halides is 1. The van der Waals surface area contributed by atoms with E-state index in [2.05, 4.69) is 15.2 Å². The van der Waals surface area contributed by atoms with Crippen molar-refractivity contribution in [1.82, 2.24) is 10.3 Å². The van der Waals surface area contributed by atoms with E-state index in [-0.39, 0.29) is 13.2 Å². The molecule has 0 aliphatic carbocycles. The molecule has 126 valence electrons. The van der Waals surface area contributed by atoms with Crippen LogP contribution in [-0.4, -0.2) is 57.2 Å². The summed E-state index contributed by atoms with van der Waals surface area (Å²) in [5.41, 5.74) is -1.49. The van der Waals surface area contributed by atoms with Gasteiger partial charge >= 0.3 is 0 Å². The first kappa shape index (κ1) is 18.6. The highest BCUT2D eigenvalue weighted by Gasteiger charge is 2.24. The van der Waals surface area contributed by atoms with Crippen molar-refractivity contribution in [1.29, 1.82) is 0 Å². The normalized spacial score (nSPS) is 17.2. The second-order valence-corrected chi connectivity index (χ2v) is 5.22. The number of nitrogens with one attached hydrogen (secondary N) is 1. The molecule has 0 spiro atoms. The summed E-state index contributed by atoms with van der Waals surface area (Å²) in [6, 6.07) is 3.74. The van der Waals surface area contributed by atoms with Crippen LogP contribution >= 0.6 is 0 Å². The van der Waals surface area contributed by atoms with Crippen molar-refractivity contribution in [2.75, 3.05) is 51.4 Å². The Morgan fingerprint density at radius 2 is 1.95 bits per heavy atom. The molecule has 1 saturated heterocycles. The fraction of sp³-hybridized carbons (Fsp3) is 0.688. The molecule has 1 unspecified atom stereocenters. The number of anilines is 1. The van der Waals surface area contributed by atoms with E-state index in [0.717, 1.165) is 32.0 Å². The quantitative estimate of drug-likeness (QED) is 0.873. The molecule has 0 radical (unpaired) electrons. The lowest BCUT2D eigenvalue weighted by molar-refractivity contribution is 0.0186. The smallest absolute Gasteiger partial charge is 0.165 e. The topological polar surface area (TPSA) is 46.6 Å². The third-order valence-electron chi connectivity index (χ3n) is 3.15. The highest BCUT2D eigenvalue weighted by molar-refractivity contribution is 5.41. The Morgan fingerprint density at radius 1 is 1.27 bits per heavy atom. The van der Waals surface area contributed by atoms with E-state index in [1.807, 2.05) is 26.0 Å². The van der Waals surface area contributed by atoms with Crippen LogP contribution in [0.2, 0.25) is 0 Å². The Hall–Kier alpha value is -1.40. The van der Waals surface area contributed by atoms with Gasteiger partial charge in [-0.2, -0.15) is 0 Å². The first-order chi connectivity index (χ1) is 10.6. The van der Waals surface area contributed by atoms with E-state index in [4.69, 9.17) is 9.47 Å². The van der Waals surface area contributed by atoms with E-state index in [9.17, 15) is 4.39 Å². The first-order valence-electron chi connectivity index (χ1n) is 7.83. The van der Waals surface area contributed by atoms with Crippen LogP contribution < -0.4 is 15.0 Å². The van der Waals surface area contributed by atoms with Crippen LogP contribution in [0, 0.1) is 0 Å². The van der Waals surface area contributed by atoms with E-state index in [0.29, 0.717) is 5.75 Å². The van der Waals surface area contributed by atoms with Crippen molar-refractivity contribution in [3.05, 3.63) is 18.3 Å². The minimum atomic E-state index is -1.49. The fourth-order valence-corrected chi connectivity index (χ4v) is 2.12. The molecule has 0 aromatic carbocycles. The largest absolute Gasteiger partial charge is 0.489 e. The fourth-order valence-electron chi connectivity index (χ4n) is 2.12. The Morgan fingerprint density at radius 3 is 2.50 bits per heavy atom. The van der Waals surface area contributed by atoms with Gasteiger partial charge in [0, 0.05) is 33.3 Å². The van der Waals surface area contributed by atoms with Gasteiger partial charge in [0.2, 0.25) is 0 Å². The second-order valence-electron chi connectivity index (χ2n) is 5.22. The maximum absolute atomic E-state index is 13.9. The summed E-state index contributed by atoms with van der Waals surface area (Å²) in [6.45, 7) is 9.26. The minimum absolute atomic E-state index is 0.0132. The number of aromatic nitrogens is 1. The molecule has 1 aliphatic rings. The van der Waals surface area contributed by atoms with Crippen LogP contribution in [0.5, 0.6) is 5.75 Å². The zero-order valence-corrected chi connectivity index (χ0v) is 14.1. The molecular weight excluding hydrogens is 285 g/mol. The zero-order chi connectivity index (χ0) is 16.4. The monoisotopic (exact) mass is 313 g/mol. The summed E-state index contributed by atoms with van der Waals surface area (Å²) < 4.78 is 24.1. The summed E-state index contributed by atoms with van der Waals surface area (Å²) in [5, 5.41) is 3.30. The lowest BCUT2D eigenvalue weighted by Crippen LogP contribution is -2.43. The average molecular weight is 313 g/mol. The summed E-state index contributed by atoms with van der Waals surface area (Å²) in [4.78, 5) is 6.58. The molecule has 22 heavy (non-hydrogen) atoms. The van der Waals surface area contributed by atoms with Crippen molar-refractivity contribution in [2.45, 2.75) is 26.4 Å². The number of halogens is 1. The number of hydrogen-bond donors (Lipinski definition) is 1. The van der Waals surface area contributed by atoms with E-state index in [1.54, 1.807) is 6.20 Å². The molecule has 1 aromatic rings. The molecule has 0 saturated carbocycles. The van der Waals surface area contributed by atoms with Gasteiger partial charge in [-0.1, -0.05) is 13.8 Å². The van der Waals surface area contributed by atoms with E-state index in [1.165, 1.54) is 14.0 Å². The lowest BCUT2D eigenvalue weighted by atomic mass is 10.2. The highest BCUT2D eigenvalue weighted by atomic mass is 19.1. The van der Waals surface area contributed by atoms with Gasteiger partial charge in [0.25, 0.3) is 0 Å². The van der Waals surface area contributed by atoms with Gasteiger partial charge in [-0.05, 0) is 19.1 Å². The van der Waals surface area contributed by atoms with Gasteiger partial charge in [0.1, 0.15) is 18.2 Å². The van der Waals surface area contributed by atoms with E-state index >= 15 is 0 Å². The first-order valence-corrected chi connectivity index (χ1v) is 7.83. The maximum atomic E-state index is 13.9. The van der Waals surface area contributed by atoms with Crippen molar-refractivity contribution >= 4 is 5.82 Å². The number of pyridine rings is 1. The van der Waals surface area contributed by atoms with Crippen molar-refractivity contribution in [3.8, 4) is 5.75 Å². The van der Waals surface area contributed by atoms with Crippen molar-refractivity contribution < 1.29 is 13.9 Å². The molecule has 1 atom stereocenters. The molecular formula is C16H28FN3O2. The van der Waals surface area contributed by atoms with Crippen molar-refractivity contribution in [2.24, 2.45) is 0 Å². The Labute approximate surface area is 132 Å². The van der Waals surface area contributed by atoms with Crippen LogP contribution in [0.1, 0.15) is 20.8 Å². The van der Waals surface area contributed by atoms with Crippen LogP contribution in [0.25, 0.3) is 0 Å². The predicted molar refractivity (Wildman–Crippen MR) is 87.6 cm³/mol. The molecule has 0 amide bonds. The molecule has 1 N–H and O–H groups in total. The number of piperazine rings is 1. The Bertz CT molecular complexity index is 406. The molecule has 5 nitrogen and oxygen atoms in total. The zero-order valence-electron chi connectivity index (χ0n) is 14.1. The number of nitrogens with zero attached hydrogens (tertiary/aromatic N) is 2. The van der Waals surface area contributed by atoms with Crippen molar-refractivity contribution in [3.63, 3.8) is 0 Å². The van der Waals surface area contributed by atoms with Gasteiger partial charge in [-0.25, -0.2) is 9.37 Å². The predicted octanol–water partition coefficient (Wildman–Crippen LogP) is 2.27. The average Bonchev–Trinajstić information content (AvgIpc) is 2.56. The molecule has 1 fully saturated rings. The highest BCUT2D eigenvalue weighted by Crippen LogP contribution is 2.18. The van der Waals surface area contributed by atoms with Gasteiger partial charge in [-0.3, -0.25) is 0 Å². The summed E-state index contributed by atoms with van der Waals surface area (Å²) in [5.74, 6) is 1.50. The Balaban J connectivity index is 0.00000116. The molecule has 6 heteroatoms. The molecule has 1 aromatic heterocycles. The third-order valence-corrected chi connectivity index (χ3v) is 3.15. The SMILES string of the molecule is CC.COCC(C)(F)COc1ccc(N2CCNCC2)nc1. The number of methoxy groups -OCH3 is 1. The Kier molecular flexibility index (Phi) is 8.12. The van der Waals surface area contributed by atoms with Gasteiger partial charge in [-0.15, -0.1) is 0 Å². The standard InChI is InChI=1S/C14H22FN3O2.C2H6/c1-14(15,10-19-2)11-20-12-3-4-13(17-9-12)18-7-5-16-6-8-18;1-2/h3-4,9,16H,5-8,10-11H2,1-2H3;1-2H3. The van der Waals surface area contributed by atoms with Crippen LogP contribution in [0.15, 0.2) is 18.3 Å². The van der Waals surface area contributed by atoms with Crippen LogP contribution in [0.4, 0.5) is 10.2 Å². The molecule has 2 heterocycles. The van der Waals surface area contributed by atoms with Crippen LogP contribution in [-0.2, 0) is 4.74 Å². The van der Waals surface area contributed by atoms with E-state index < -0.39 is 5.67 Å². The summed E-state index contributed by atoms with van der Waals surface area (Å²) in [7, 11) is 1.47. The minimum Gasteiger partial charge on any atom is -0.489 e. The molecule has 2 rings (SSSR count). The number of rotatable bonds is 6. The second kappa shape index (κ2) is 9.58.